The zero-order valence-electron chi connectivity index (χ0n) is 12.3. The number of nitrogens with two attached hydrogens (primary N) is 1. The highest BCUT2D eigenvalue weighted by atomic mass is 19.4. The molecule has 0 aromatic rings. The average Bonchev–Trinajstić information content (AvgIpc) is 2.81. The highest BCUT2D eigenvalue weighted by Gasteiger charge is 2.34. The van der Waals surface area contributed by atoms with E-state index in [0.717, 1.165) is 6.42 Å². The van der Waals surface area contributed by atoms with E-state index in [-0.39, 0.29) is 12.0 Å². The summed E-state index contributed by atoms with van der Waals surface area (Å²) in [6, 6.07) is 0. The molecule has 8 heteroatoms. The fourth-order valence-electron chi connectivity index (χ4n) is 2.81. The molecule has 2 heterocycles. The van der Waals surface area contributed by atoms with E-state index in [1.165, 1.54) is 4.90 Å². The van der Waals surface area contributed by atoms with E-state index >= 15 is 0 Å². The van der Waals surface area contributed by atoms with E-state index in [1.807, 2.05) is 11.8 Å². The second kappa shape index (κ2) is 6.83. The lowest BCUT2D eigenvalue weighted by Gasteiger charge is -2.32. The van der Waals surface area contributed by atoms with Crippen molar-refractivity contribution >= 4 is 5.96 Å². The second-order valence-corrected chi connectivity index (χ2v) is 5.83. The zero-order valence-corrected chi connectivity index (χ0v) is 12.3. The molecule has 2 aliphatic heterocycles. The van der Waals surface area contributed by atoms with E-state index < -0.39 is 12.7 Å². The van der Waals surface area contributed by atoms with Gasteiger partial charge in [0.25, 0.3) is 0 Å². The van der Waals surface area contributed by atoms with Gasteiger partial charge in [-0.1, -0.05) is 0 Å². The summed E-state index contributed by atoms with van der Waals surface area (Å²) in [6.07, 6.45) is -3.26. The number of ether oxygens (including phenoxy) is 1. The topological polar surface area (TPSA) is 54.1 Å². The van der Waals surface area contributed by atoms with Gasteiger partial charge in [0.05, 0.1) is 19.3 Å². The van der Waals surface area contributed by atoms with Gasteiger partial charge in [0, 0.05) is 26.2 Å². The lowest BCUT2D eigenvalue weighted by Crippen LogP contribution is -2.48. The number of morpholine rings is 1. The molecule has 0 aromatic carbocycles. The fourth-order valence-corrected chi connectivity index (χ4v) is 2.81. The molecule has 2 rings (SSSR count). The lowest BCUT2D eigenvalue weighted by atomic mass is 10.1. The van der Waals surface area contributed by atoms with Gasteiger partial charge in [-0.15, -0.1) is 0 Å². The average molecular weight is 308 g/mol. The Morgan fingerprint density at radius 3 is 2.76 bits per heavy atom. The van der Waals surface area contributed by atoms with Gasteiger partial charge in [0.1, 0.15) is 0 Å². The molecule has 5 nitrogen and oxygen atoms in total. The van der Waals surface area contributed by atoms with E-state index in [2.05, 4.69) is 4.99 Å². The molecule has 0 radical (unpaired) electrons. The highest BCUT2D eigenvalue weighted by molar-refractivity contribution is 5.78. The van der Waals surface area contributed by atoms with Crippen molar-refractivity contribution in [3.05, 3.63) is 0 Å². The third kappa shape index (κ3) is 5.35. The van der Waals surface area contributed by atoms with Gasteiger partial charge in [-0.2, -0.15) is 13.2 Å². The Labute approximate surface area is 122 Å². The molecule has 0 aromatic heterocycles. The van der Waals surface area contributed by atoms with Crippen LogP contribution in [0.3, 0.4) is 0 Å². The van der Waals surface area contributed by atoms with Crippen LogP contribution < -0.4 is 5.73 Å². The molecule has 0 amide bonds. The summed E-state index contributed by atoms with van der Waals surface area (Å²) in [5.74, 6) is 0.629. The standard InChI is InChI=1S/C13H23F3N4O/c1-10-7-20(4-5-21-10)12(17)18-6-11-2-3-19(8-11)9-13(14,15)16/h10-11H,2-9H2,1H3,(H2,17,18). The van der Waals surface area contributed by atoms with E-state index in [1.54, 1.807) is 0 Å². The van der Waals surface area contributed by atoms with Crippen LogP contribution in [0.15, 0.2) is 4.99 Å². The summed E-state index contributed by atoms with van der Waals surface area (Å²) in [4.78, 5) is 7.76. The third-order valence-corrected chi connectivity index (χ3v) is 3.85. The van der Waals surface area contributed by atoms with Crippen LogP contribution in [0.1, 0.15) is 13.3 Å². The minimum absolute atomic E-state index is 0.126. The predicted molar refractivity (Wildman–Crippen MR) is 74.1 cm³/mol. The number of hydrogen-bond acceptors (Lipinski definition) is 3. The first-order valence-electron chi connectivity index (χ1n) is 7.29. The van der Waals surface area contributed by atoms with Crippen molar-refractivity contribution < 1.29 is 17.9 Å². The zero-order chi connectivity index (χ0) is 15.5. The number of aliphatic imine (C=N–C) groups is 1. The molecule has 0 spiro atoms. The third-order valence-electron chi connectivity index (χ3n) is 3.85. The normalized spacial score (nSPS) is 29.1. The Hall–Kier alpha value is -1.02. The van der Waals surface area contributed by atoms with Gasteiger partial charge in [-0.05, 0) is 25.8 Å². The minimum Gasteiger partial charge on any atom is -0.375 e. The molecule has 21 heavy (non-hydrogen) atoms. The Kier molecular flexibility index (Phi) is 5.32. The SMILES string of the molecule is CC1CN(C(N)=NCC2CCN(CC(F)(F)F)C2)CCO1. The van der Waals surface area contributed by atoms with Gasteiger partial charge in [-0.25, -0.2) is 0 Å². The largest absolute Gasteiger partial charge is 0.401 e. The summed E-state index contributed by atoms with van der Waals surface area (Å²) in [7, 11) is 0. The fraction of sp³-hybridized carbons (Fsp3) is 0.923. The number of likely N-dealkylation sites (tertiary alicyclic amines) is 1. The van der Waals surface area contributed by atoms with Gasteiger partial charge >= 0.3 is 6.18 Å². The Balaban J connectivity index is 1.76. The number of nitrogens with zero attached hydrogens (tertiary/aromatic N) is 3. The summed E-state index contributed by atoms with van der Waals surface area (Å²) >= 11 is 0. The summed E-state index contributed by atoms with van der Waals surface area (Å²) < 4.78 is 42.4. The molecule has 122 valence electrons. The first kappa shape index (κ1) is 16.4. The van der Waals surface area contributed by atoms with Crippen molar-refractivity contribution in [2.75, 3.05) is 45.9 Å². The number of alkyl halides is 3. The predicted octanol–water partition coefficient (Wildman–Crippen LogP) is 0.906. The van der Waals surface area contributed by atoms with Crippen molar-refractivity contribution in [2.24, 2.45) is 16.6 Å². The van der Waals surface area contributed by atoms with Crippen LogP contribution in [-0.4, -0.2) is 73.9 Å². The second-order valence-electron chi connectivity index (χ2n) is 5.83. The Morgan fingerprint density at radius 2 is 2.10 bits per heavy atom. The number of hydrogen-bond donors (Lipinski definition) is 1. The maximum atomic E-state index is 12.3. The van der Waals surface area contributed by atoms with E-state index in [9.17, 15) is 13.2 Å². The first-order valence-corrected chi connectivity index (χ1v) is 7.29. The Bertz CT molecular complexity index is 375. The highest BCUT2D eigenvalue weighted by Crippen LogP contribution is 2.22. The van der Waals surface area contributed by atoms with Crippen LogP contribution in [0.4, 0.5) is 13.2 Å². The minimum atomic E-state index is -4.12. The van der Waals surface area contributed by atoms with Gasteiger partial charge in [0.15, 0.2) is 5.96 Å². The number of halogens is 3. The van der Waals surface area contributed by atoms with Crippen LogP contribution in [0, 0.1) is 5.92 Å². The molecule has 0 saturated carbocycles. The van der Waals surface area contributed by atoms with Crippen LogP contribution in [0.5, 0.6) is 0 Å². The monoisotopic (exact) mass is 308 g/mol. The molecule has 0 aliphatic carbocycles. The molecule has 2 aliphatic rings. The summed E-state index contributed by atoms with van der Waals surface area (Å²) in [5.41, 5.74) is 5.95. The maximum Gasteiger partial charge on any atom is 0.401 e. The van der Waals surface area contributed by atoms with Crippen molar-refractivity contribution in [2.45, 2.75) is 25.6 Å². The molecule has 2 unspecified atom stereocenters. The molecule has 2 atom stereocenters. The van der Waals surface area contributed by atoms with Crippen molar-refractivity contribution in [3.8, 4) is 0 Å². The molecule has 0 bridgehead atoms. The van der Waals surface area contributed by atoms with Gasteiger partial charge < -0.3 is 15.4 Å². The number of rotatable bonds is 3. The van der Waals surface area contributed by atoms with Crippen LogP contribution >= 0.6 is 0 Å². The lowest BCUT2D eigenvalue weighted by molar-refractivity contribution is -0.143. The first-order chi connectivity index (χ1) is 9.83. The van der Waals surface area contributed by atoms with Crippen LogP contribution in [-0.2, 0) is 4.74 Å². The quantitative estimate of drug-likeness (QED) is 0.622. The van der Waals surface area contributed by atoms with Crippen molar-refractivity contribution in [1.29, 1.82) is 0 Å². The Morgan fingerprint density at radius 1 is 1.33 bits per heavy atom. The van der Waals surface area contributed by atoms with Crippen LogP contribution in [0.2, 0.25) is 0 Å². The maximum absolute atomic E-state index is 12.3. The van der Waals surface area contributed by atoms with E-state index in [4.69, 9.17) is 10.5 Å². The molecule has 2 N–H and O–H groups in total. The number of guanidine groups is 1. The molecule has 2 fully saturated rings. The van der Waals surface area contributed by atoms with Crippen LogP contribution in [0.25, 0.3) is 0 Å². The summed E-state index contributed by atoms with van der Waals surface area (Å²) in [5, 5.41) is 0. The van der Waals surface area contributed by atoms with E-state index in [0.29, 0.717) is 45.3 Å². The van der Waals surface area contributed by atoms with Crippen molar-refractivity contribution in [3.63, 3.8) is 0 Å². The molecule has 2 saturated heterocycles. The molecular formula is C13H23F3N4O. The van der Waals surface area contributed by atoms with Gasteiger partial charge in [-0.3, -0.25) is 9.89 Å². The summed E-state index contributed by atoms with van der Waals surface area (Å²) in [6.45, 7) is 4.61. The van der Waals surface area contributed by atoms with Crippen molar-refractivity contribution in [1.82, 2.24) is 9.80 Å². The smallest absolute Gasteiger partial charge is 0.375 e. The molecular weight excluding hydrogens is 285 g/mol. The van der Waals surface area contributed by atoms with Gasteiger partial charge in [0.2, 0.25) is 0 Å².